The molecule has 1 saturated heterocycles. The van der Waals surface area contributed by atoms with Gasteiger partial charge in [-0.2, -0.15) is 0 Å². The molecule has 32 heavy (non-hydrogen) atoms. The molecule has 5 nitrogen and oxygen atoms in total. The van der Waals surface area contributed by atoms with E-state index in [9.17, 15) is 23.5 Å². The summed E-state index contributed by atoms with van der Waals surface area (Å²) >= 11 is 0. The van der Waals surface area contributed by atoms with Crippen molar-refractivity contribution in [2.75, 3.05) is 6.54 Å². The maximum atomic E-state index is 14.1. The monoisotopic (exact) mass is 459 g/mol. The van der Waals surface area contributed by atoms with E-state index >= 15 is 0 Å². The number of alkyl halides is 2. The fourth-order valence-electron chi connectivity index (χ4n) is 3.85. The summed E-state index contributed by atoms with van der Waals surface area (Å²) in [5.41, 5.74) is -0.470. The number of hydrogen-bond acceptors (Lipinski definition) is 4. The largest absolute Gasteiger partial charge is 0.460 e. The molecule has 0 aromatic carbocycles. The third-order valence-corrected chi connectivity index (χ3v) is 5.64. The van der Waals surface area contributed by atoms with Crippen LogP contribution in [0.1, 0.15) is 105 Å². The highest BCUT2D eigenvalue weighted by atomic mass is 19.3. The number of amides is 1. The average Bonchev–Trinajstić information content (AvgIpc) is 3.04. The number of halogens is 2. The molecule has 1 rings (SSSR count). The summed E-state index contributed by atoms with van der Waals surface area (Å²) in [7, 11) is 0. The molecule has 1 aliphatic heterocycles. The van der Waals surface area contributed by atoms with Crippen LogP contribution in [0, 0.1) is 0 Å². The third-order valence-electron chi connectivity index (χ3n) is 5.64. The lowest BCUT2D eigenvalue weighted by Crippen LogP contribution is -2.34. The number of nitrogens with zero attached hydrogens (tertiary/aromatic N) is 1. The van der Waals surface area contributed by atoms with Gasteiger partial charge in [-0.25, -0.2) is 8.78 Å². The van der Waals surface area contributed by atoms with Crippen LogP contribution in [0.2, 0.25) is 0 Å². The SMILES string of the molecule is CCCCCCC(F)(F)C(O)/C=C/C1CCC(=O)N1CCCCCCC(=O)OC(C)(C)C. The summed E-state index contributed by atoms with van der Waals surface area (Å²) in [4.78, 5) is 25.6. The lowest BCUT2D eigenvalue weighted by Gasteiger charge is -2.24. The normalized spacial score (nSPS) is 18.5. The van der Waals surface area contributed by atoms with Crippen LogP contribution in [0.5, 0.6) is 0 Å². The quantitative estimate of drug-likeness (QED) is 0.191. The molecule has 1 amide bonds. The Labute approximate surface area is 192 Å². The van der Waals surface area contributed by atoms with Gasteiger partial charge >= 0.3 is 5.97 Å². The Morgan fingerprint density at radius 1 is 1.16 bits per heavy atom. The second-order valence-corrected chi connectivity index (χ2v) is 9.85. The number of carbonyl (C=O) groups excluding carboxylic acids is 2. The van der Waals surface area contributed by atoms with Crippen molar-refractivity contribution in [2.24, 2.45) is 0 Å². The smallest absolute Gasteiger partial charge is 0.306 e. The molecule has 2 atom stereocenters. The number of ether oxygens (including phenoxy) is 1. The van der Waals surface area contributed by atoms with Crippen LogP contribution in [0.3, 0.4) is 0 Å². The highest BCUT2D eigenvalue weighted by Crippen LogP contribution is 2.28. The number of rotatable bonds is 15. The van der Waals surface area contributed by atoms with Gasteiger partial charge in [0.2, 0.25) is 5.91 Å². The second kappa shape index (κ2) is 13.9. The molecular weight excluding hydrogens is 416 g/mol. The maximum absolute atomic E-state index is 14.1. The van der Waals surface area contributed by atoms with Crippen LogP contribution >= 0.6 is 0 Å². The van der Waals surface area contributed by atoms with Crippen molar-refractivity contribution in [3.63, 3.8) is 0 Å². The zero-order valence-corrected chi connectivity index (χ0v) is 20.4. The minimum Gasteiger partial charge on any atom is -0.460 e. The molecule has 1 aliphatic rings. The van der Waals surface area contributed by atoms with E-state index in [4.69, 9.17) is 4.74 Å². The zero-order valence-electron chi connectivity index (χ0n) is 20.4. The Bertz CT molecular complexity index is 601. The van der Waals surface area contributed by atoms with Crippen molar-refractivity contribution in [1.29, 1.82) is 0 Å². The standard InChI is InChI=1S/C25H43F2NO4/c1-5-6-7-11-18-25(26,27)21(29)16-14-20-15-17-22(30)28(20)19-12-9-8-10-13-23(31)32-24(2,3)4/h14,16,20-21,29H,5-13,15,17-19H2,1-4H3/b16-14+. The Morgan fingerprint density at radius 3 is 2.47 bits per heavy atom. The van der Waals surface area contributed by atoms with E-state index in [1.165, 1.54) is 0 Å². The van der Waals surface area contributed by atoms with Crippen molar-refractivity contribution < 1.29 is 28.2 Å². The van der Waals surface area contributed by atoms with Crippen LogP contribution in [-0.2, 0) is 14.3 Å². The first-order valence-electron chi connectivity index (χ1n) is 12.2. The predicted molar refractivity (Wildman–Crippen MR) is 123 cm³/mol. The van der Waals surface area contributed by atoms with Crippen LogP contribution in [0.15, 0.2) is 12.2 Å². The van der Waals surface area contributed by atoms with Gasteiger partial charge in [-0.1, -0.05) is 51.2 Å². The molecular formula is C25H43F2NO4. The number of hydrogen-bond donors (Lipinski definition) is 1. The highest BCUT2D eigenvalue weighted by Gasteiger charge is 2.36. The summed E-state index contributed by atoms with van der Waals surface area (Å²) in [5.74, 6) is -3.32. The summed E-state index contributed by atoms with van der Waals surface area (Å²) in [6.45, 7) is 8.11. The van der Waals surface area contributed by atoms with Crippen molar-refractivity contribution >= 4 is 11.9 Å². The Hall–Kier alpha value is -1.50. The van der Waals surface area contributed by atoms with E-state index in [2.05, 4.69) is 0 Å². The average molecular weight is 460 g/mol. The first kappa shape index (κ1) is 28.5. The molecule has 0 aromatic heterocycles. The minimum atomic E-state index is -3.15. The fraction of sp³-hybridized carbons (Fsp3) is 0.840. The van der Waals surface area contributed by atoms with Crippen LogP contribution in [-0.4, -0.2) is 52.1 Å². The van der Waals surface area contributed by atoms with E-state index in [1.807, 2.05) is 27.7 Å². The van der Waals surface area contributed by atoms with Gasteiger partial charge < -0.3 is 14.7 Å². The van der Waals surface area contributed by atoms with Crippen LogP contribution in [0.4, 0.5) is 8.78 Å². The summed E-state index contributed by atoms with van der Waals surface area (Å²) in [6, 6.07) is -0.241. The maximum Gasteiger partial charge on any atom is 0.306 e. The number of aliphatic hydroxyl groups excluding tert-OH is 1. The van der Waals surface area contributed by atoms with Crippen molar-refractivity contribution in [1.82, 2.24) is 4.90 Å². The van der Waals surface area contributed by atoms with Gasteiger partial charge in [-0.3, -0.25) is 9.59 Å². The lowest BCUT2D eigenvalue weighted by molar-refractivity contribution is -0.154. The molecule has 1 heterocycles. The van der Waals surface area contributed by atoms with Crippen LogP contribution in [0.25, 0.3) is 0 Å². The Balaban J connectivity index is 2.37. The fourth-order valence-corrected chi connectivity index (χ4v) is 3.85. The minimum absolute atomic E-state index is 0.0224. The van der Waals surface area contributed by atoms with E-state index in [0.29, 0.717) is 32.2 Å². The van der Waals surface area contributed by atoms with E-state index in [-0.39, 0.29) is 24.3 Å². The van der Waals surface area contributed by atoms with Gasteiger partial charge in [0.25, 0.3) is 5.92 Å². The predicted octanol–water partition coefficient (Wildman–Crippen LogP) is 5.79. The van der Waals surface area contributed by atoms with Gasteiger partial charge in [0.15, 0.2) is 0 Å². The number of aliphatic hydroxyl groups is 1. The van der Waals surface area contributed by atoms with Crippen LogP contribution < -0.4 is 0 Å². The summed E-state index contributed by atoms with van der Waals surface area (Å²) in [5, 5.41) is 9.96. The van der Waals surface area contributed by atoms with Crippen molar-refractivity contribution in [3.05, 3.63) is 12.2 Å². The first-order valence-corrected chi connectivity index (χ1v) is 12.2. The Kier molecular flexibility index (Phi) is 12.4. The molecule has 0 saturated carbocycles. The highest BCUT2D eigenvalue weighted by molar-refractivity contribution is 5.79. The summed E-state index contributed by atoms with van der Waals surface area (Å²) in [6.07, 6.45) is 8.26. The topological polar surface area (TPSA) is 66.8 Å². The van der Waals surface area contributed by atoms with Gasteiger partial charge in [0.05, 0.1) is 6.04 Å². The second-order valence-electron chi connectivity index (χ2n) is 9.85. The lowest BCUT2D eigenvalue weighted by atomic mass is 10.0. The number of carbonyl (C=O) groups is 2. The number of likely N-dealkylation sites (tertiary alicyclic amines) is 1. The van der Waals surface area contributed by atoms with Crippen molar-refractivity contribution in [3.8, 4) is 0 Å². The third kappa shape index (κ3) is 11.4. The summed E-state index contributed by atoms with van der Waals surface area (Å²) < 4.78 is 33.6. The van der Waals surface area contributed by atoms with Crippen molar-refractivity contribution in [2.45, 2.75) is 128 Å². The molecule has 0 radical (unpaired) electrons. The van der Waals surface area contributed by atoms with Gasteiger partial charge in [0, 0.05) is 25.8 Å². The van der Waals surface area contributed by atoms with Gasteiger partial charge in [0.1, 0.15) is 11.7 Å². The Morgan fingerprint density at radius 2 is 1.81 bits per heavy atom. The van der Waals surface area contributed by atoms with E-state index in [0.717, 1.165) is 51.0 Å². The zero-order chi connectivity index (χ0) is 24.2. The molecule has 1 fully saturated rings. The number of unbranched alkanes of at least 4 members (excludes halogenated alkanes) is 6. The number of esters is 1. The molecule has 2 unspecified atom stereocenters. The molecule has 0 aliphatic carbocycles. The molecule has 0 bridgehead atoms. The molecule has 0 spiro atoms. The first-order chi connectivity index (χ1) is 15.0. The van der Waals surface area contributed by atoms with E-state index < -0.39 is 17.6 Å². The molecule has 186 valence electrons. The van der Waals surface area contributed by atoms with Gasteiger partial charge in [-0.15, -0.1) is 0 Å². The molecule has 7 heteroatoms. The van der Waals surface area contributed by atoms with E-state index in [1.54, 1.807) is 11.0 Å². The molecule has 1 N–H and O–H groups in total. The van der Waals surface area contributed by atoms with Gasteiger partial charge in [-0.05, 0) is 46.5 Å². The molecule has 0 aromatic rings.